The van der Waals surface area contributed by atoms with E-state index in [0.29, 0.717) is 6.04 Å². The predicted octanol–water partition coefficient (Wildman–Crippen LogP) is 3.35. The van der Waals surface area contributed by atoms with E-state index < -0.39 is 0 Å². The largest absolute Gasteiger partial charge is 0.368 e. The lowest BCUT2D eigenvalue weighted by Gasteiger charge is -2.12. The molecule has 88 valence electrons. The van der Waals surface area contributed by atoms with Crippen molar-refractivity contribution >= 4 is 5.82 Å². The Kier molecular flexibility index (Phi) is 3.70. The molecule has 0 aliphatic heterocycles. The van der Waals surface area contributed by atoms with Gasteiger partial charge < -0.3 is 5.32 Å². The maximum Gasteiger partial charge on any atom is 0.130 e. The van der Waals surface area contributed by atoms with E-state index in [0.717, 1.165) is 23.5 Å². The fourth-order valence-electron chi connectivity index (χ4n) is 1.56. The topological polar surface area (TPSA) is 37.8 Å². The van der Waals surface area contributed by atoms with Crippen molar-refractivity contribution in [1.82, 2.24) is 9.97 Å². The number of anilines is 1. The first-order valence-electron chi connectivity index (χ1n) is 5.93. The van der Waals surface area contributed by atoms with Gasteiger partial charge in [-0.3, -0.25) is 0 Å². The standard InChI is InChI=1S/C14H17N3/c1-3-11(2)17-14-9-13(15-10-16-14)12-7-5-4-6-8-12/h4-11H,3H2,1-2H3,(H,15,16,17)/t11-/m1/s1. The number of nitrogens with zero attached hydrogens (tertiary/aromatic N) is 2. The minimum absolute atomic E-state index is 0.425. The van der Waals surface area contributed by atoms with Crippen LogP contribution in [0.2, 0.25) is 0 Å². The van der Waals surface area contributed by atoms with Crippen molar-refractivity contribution in [2.24, 2.45) is 0 Å². The first kappa shape index (κ1) is 11.6. The molecule has 0 bridgehead atoms. The number of hydrogen-bond donors (Lipinski definition) is 1. The van der Waals surface area contributed by atoms with Crippen molar-refractivity contribution in [3.05, 3.63) is 42.7 Å². The molecule has 17 heavy (non-hydrogen) atoms. The molecule has 0 aliphatic carbocycles. The van der Waals surface area contributed by atoms with Gasteiger partial charge >= 0.3 is 0 Å². The number of hydrogen-bond acceptors (Lipinski definition) is 3. The highest BCUT2D eigenvalue weighted by Gasteiger charge is 2.03. The van der Waals surface area contributed by atoms with Crippen LogP contribution < -0.4 is 5.32 Å². The summed E-state index contributed by atoms with van der Waals surface area (Å²) in [5.41, 5.74) is 2.06. The number of rotatable bonds is 4. The third kappa shape index (κ3) is 3.03. The zero-order valence-electron chi connectivity index (χ0n) is 10.2. The monoisotopic (exact) mass is 227 g/mol. The maximum atomic E-state index is 4.29. The summed E-state index contributed by atoms with van der Waals surface area (Å²) in [5, 5.41) is 3.35. The molecule has 1 aromatic carbocycles. The molecule has 0 fully saturated rings. The van der Waals surface area contributed by atoms with Gasteiger partial charge in [0, 0.05) is 17.7 Å². The van der Waals surface area contributed by atoms with Gasteiger partial charge in [0.25, 0.3) is 0 Å². The molecule has 0 aliphatic rings. The molecule has 3 heteroatoms. The summed E-state index contributed by atoms with van der Waals surface area (Å²) in [4.78, 5) is 8.52. The van der Waals surface area contributed by atoms with Crippen LogP contribution in [0.3, 0.4) is 0 Å². The van der Waals surface area contributed by atoms with Gasteiger partial charge in [-0.15, -0.1) is 0 Å². The maximum absolute atomic E-state index is 4.29. The van der Waals surface area contributed by atoms with Crippen LogP contribution in [0.25, 0.3) is 11.3 Å². The van der Waals surface area contributed by atoms with Gasteiger partial charge in [-0.2, -0.15) is 0 Å². The quantitative estimate of drug-likeness (QED) is 0.870. The lowest BCUT2D eigenvalue weighted by atomic mass is 10.1. The molecular formula is C14H17N3. The number of benzene rings is 1. The van der Waals surface area contributed by atoms with Crippen LogP contribution in [-0.2, 0) is 0 Å². The molecule has 0 saturated heterocycles. The Hall–Kier alpha value is -1.90. The van der Waals surface area contributed by atoms with Gasteiger partial charge in [-0.25, -0.2) is 9.97 Å². The van der Waals surface area contributed by atoms with E-state index in [1.54, 1.807) is 6.33 Å². The summed E-state index contributed by atoms with van der Waals surface area (Å²) in [7, 11) is 0. The highest BCUT2D eigenvalue weighted by Crippen LogP contribution is 2.18. The van der Waals surface area contributed by atoms with Gasteiger partial charge in [-0.05, 0) is 13.3 Å². The first-order valence-corrected chi connectivity index (χ1v) is 5.93. The Labute approximate surface area is 102 Å². The van der Waals surface area contributed by atoms with Gasteiger partial charge in [0.2, 0.25) is 0 Å². The van der Waals surface area contributed by atoms with Crippen LogP contribution in [0.1, 0.15) is 20.3 Å². The van der Waals surface area contributed by atoms with E-state index in [4.69, 9.17) is 0 Å². The minimum Gasteiger partial charge on any atom is -0.368 e. The number of nitrogens with one attached hydrogen (secondary N) is 1. The molecule has 2 rings (SSSR count). The normalized spacial score (nSPS) is 12.1. The molecule has 1 aromatic heterocycles. The van der Waals surface area contributed by atoms with Crippen LogP contribution in [0.4, 0.5) is 5.82 Å². The molecule has 2 aromatic rings. The smallest absolute Gasteiger partial charge is 0.130 e. The van der Waals surface area contributed by atoms with Crippen molar-refractivity contribution in [2.75, 3.05) is 5.32 Å². The summed E-state index contributed by atoms with van der Waals surface area (Å²) in [6.07, 6.45) is 2.68. The van der Waals surface area contributed by atoms with Gasteiger partial charge in [0.1, 0.15) is 12.1 Å². The molecule has 3 nitrogen and oxygen atoms in total. The van der Waals surface area contributed by atoms with Crippen molar-refractivity contribution in [3.8, 4) is 11.3 Å². The predicted molar refractivity (Wildman–Crippen MR) is 70.8 cm³/mol. The lowest BCUT2D eigenvalue weighted by molar-refractivity contribution is 0.758. The van der Waals surface area contributed by atoms with Crippen molar-refractivity contribution < 1.29 is 0 Å². The second kappa shape index (κ2) is 5.43. The van der Waals surface area contributed by atoms with Crippen molar-refractivity contribution in [1.29, 1.82) is 0 Å². The van der Waals surface area contributed by atoms with Gasteiger partial charge in [0.15, 0.2) is 0 Å². The minimum atomic E-state index is 0.425. The fourth-order valence-corrected chi connectivity index (χ4v) is 1.56. The van der Waals surface area contributed by atoms with E-state index in [1.165, 1.54) is 0 Å². The van der Waals surface area contributed by atoms with E-state index in [9.17, 15) is 0 Å². The zero-order valence-corrected chi connectivity index (χ0v) is 10.2. The molecule has 0 amide bonds. The first-order chi connectivity index (χ1) is 8.29. The van der Waals surface area contributed by atoms with E-state index in [1.807, 2.05) is 24.3 Å². The van der Waals surface area contributed by atoms with Crippen LogP contribution in [0.15, 0.2) is 42.7 Å². The Balaban J connectivity index is 2.23. The Morgan fingerprint density at radius 1 is 1.18 bits per heavy atom. The summed E-state index contributed by atoms with van der Waals surface area (Å²) >= 11 is 0. The molecule has 1 heterocycles. The summed E-state index contributed by atoms with van der Waals surface area (Å²) in [6, 6.07) is 12.5. The third-order valence-electron chi connectivity index (χ3n) is 2.74. The Morgan fingerprint density at radius 3 is 2.65 bits per heavy atom. The third-order valence-corrected chi connectivity index (χ3v) is 2.74. The van der Waals surface area contributed by atoms with E-state index >= 15 is 0 Å². The molecule has 0 unspecified atom stereocenters. The van der Waals surface area contributed by atoms with Crippen molar-refractivity contribution in [2.45, 2.75) is 26.3 Å². The van der Waals surface area contributed by atoms with Crippen LogP contribution in [0.5, 0.6) is 0 Å². The summed E-state index contributed by atoms with van der Waals surface area (Å²) in [5.74, 6) is 0.883. The molecule has 0 spiro atoms. The molecule has 0 radical (unpaired) electrons. The molecule has 1 atom stereocenters. The van der Waals surface area contributed by atoms with E-state index in [2.05, 4.69) is 41.3 Å². The SMILES string of the molecule is CC[C@@H](C)Nc1cc(-c2ccccc2)ncn1. The zero-order chi connectivity index (χ0) is 12.1. The van der Waals surface area contributed by atoms with Crippen LogP contribution in [0, 0.1) is 0 Å². The highest BCUT2D eigenvalue weighted by molar-refractivity contribution is 5.61. The van der Waals surface area contributed by atoms with Crippen LogP contribution in [-0.4, -0.2) is 16.0 Å². The highest BCUT2D eigenvalue weighted by atomic mass is 15.0. The fraction of sp³-hybridized carbons (Fsp3) is 0.286. The van der Waals surface area contributed by atoms with Crippen molar-refractivity contribution in [3.63, 3.8) is 0 Å². The molecule has 1 N–H and O–H groups in total. The molecular weight excluding hydrogens is 210 g/mol. The van der Waals surface area contributed by atoms with Gasteiger partial charge in [0.05, 0.1) is 5.69 Å². The average Bonchev–Trinajstić information content (AvgIpc) is 2.40. The second-order valence-electron chi connectivity index (χ2n) is 4.11. The Morgan fingerprint density at radius 2 is 1.94 bits per heavy atom. The lowest BCUT2D eigenvalue weighted by Crippen LogP contribution is -2.14. The number of aromatic nitrogens is 2. The van der Waals surface area contributed by atoms with E-state index in [-0.39, 0.29) is 0 Å². The second-order valence-corrected chi connectivity index (χ2v) is 4.11. The Bertz CT molecular complexity index is 468. The molecule has 0 saturated carbocycles. The summed E-state index contributed by atoms with van der Waals surface area (Å²) < 4.78 is 0. The summed E-state index contributed by atoms with van der Waals surface area (Å²) in [6.45, 7) is 4.29. The average molecular weight is 227 g/mol. The van der Waals surface area contributed by atoms with Crippen LogP contribution >= 0.6 is 0 Å². The van der Waals surface area contributed by atoms with Gasteiger partial charge in [-0.1, -0.05) is 37.3 Å².